The number of amides is 1. The fourth-order valence-electron chi connectivity index (χ4n) is 4.88. The molecule has 3 aromatic heterocycles. The molecule has 33 heavy (non-hydrogen) atoms. The second-order valence-corrected chi connectivity index (χ2v) is 8.80. The van der Waals surface area contributed by atoms with Gasteiger partial charge in [0.05, 0.1) is 29.1 Å². The highest BCUT2D eigenvalue weighted by Gasteiger charge is 2.24. The van der Waals surface area contributed by atoms with Crippen LogP contribution in [0.4, 0.5) is 5.95 Å². The minimum Gasteiger partial charge on any atom is -0.381 e. The molecule has 1 saturated carbocycles. The number of hydrogen-bond acceptors (Lipinski definition) is 6. The smallest absolute Gasteiger partial charge is 0.255 e. The summed E-state index contributed by atoms with van der Waals surface area (Å²) < 4.78 is 7.21. The molecular formula is C25H30N6O2. The second kappa shape index (κ2) is 9.31. The van der Waals surface area contributed by atoms with Crippen molar-refractivity contribution in [3.8, 4) is 0 Å². The van der Waals surface area contributed by atoms with Gasteiger partial charge in [-0.3, -0.25) is 4.79 Å². The van der Waals surface area contributed by atoms with Crippen molar-refractivity contribution in [3.63, 3.8) is 0 Å². The van der Waals surface area contributed by atoms with Crippen LogP contribution in [0.1, 0.15) is 65.7 Å². The molecule has 0 aromatic carbocycles. The van der Waals surface area contributed by atoms with E-state index >= 15 is 0 Å². The molecule has 0 unspecified atom stereocenters. The number of rotatable bonds is 5. The molecule has 2 aliphatic carbocycles. The number of fused-ring (bicyclic) bond motifs is 2. The van der Waals surface area contributed by atoms with Crippen LogP contribution in [0, 0.1) is 0 Å². The number of anilines is 1. The summed E-state index contributed by atoms with van der Waals surface area (Å²) in [5.74, 6) is 0.569. The zero-order valence-corrected chi connectivity index (χ0v) is 19.2. The van der Waals surface area contributed by atoms with Crippen molar-refractivity contribution in [2.75, 3.05) is 19.5 Å². The SMILES string of the molecule is CNc1ncc2c(n1)CCCC=C2c1ccn2ncc(C(=O)NC3CCC(OC)CC3)c2c1. The van der Waals surface area contributed by atoms with E-state index < -0.39 is 0 Å². The molecule has 1 fully saturated rings. The fraction of sp³-hybridized carbons (Fsp3) is 0.440. The second-order valence-electron chi connectivity index (χ2n) is 8.80. The Hall–Kier alpha value is -3.26. The van der Waals surface area contributed by atoms with Crippen LogP contribution in [0.15, 0.2) is 36.8 Å². The molecule has 172 valence electrons. The summed E-state index contributed by atoms with van der Waals surface area (Å²) in [5, 5.41) is 10.6. The van der Waals surface area contributed by atoms with Gasteiger partial charge in [0.1, 0.15) is 0 Å². The molecular weight excluding hydrogens is 416 g/mol. The van der Waals surface area contributed by atoms with E-state index in [1.807, 2.05) is 25.5 Å². The predicted octanol–water partition coefficient (Wildman–Crippen LogP) is 3.62. The number of methoxy groups -OCH3 is 1. The fourth-order valence-corrected chi connectivity index (χ4v) is 4.88. The number of nitrogens with zero attached hydrogens (tertiary/aromatic N) is 4. The molecule has 0 spiro atoms. The van der Waals surface area contributed by atoms with E-state index in [-0.39, 0.29) is 11.9 Å². The molecule has 0 radical (unpaired) electrons. The first-order valence-electron chi connectivity index (χ1n) is 11.7. The third-order valence-corrected chi connectivity index (χ3v) is 6.77. The van der Waals surface area contributed by atoms with Crippen LogP contribution in [-0.4, -0.2) is 51.8 Å². The van der Waals surface area contributed by atoms with E-state index in [4.69, 9.17) is 4.74 Å². The number of carbonyl (C=O) groups is 1. The number of carbonyl (C=O) groups excluding carboxylic acids is 1. The number of ether oxygens (including phenoxy) is 1. The molecule has 0 bridgehead atoms. The standard InChI is InChI=1S/C25H30N6O2/c1-26-25-27-14-20-19(5-3-4-6-22(20)30-25)16-11-12-31-23(13-16)21(15-28-31)24(32)29-17-7-9-18(33-2)10-8-17/h5,11-15,17-18H,3-4,6-10H2,1-2H3,(H,29,32)(H,26,27,30). The van der Waals surface area contributed by atoms with Gasteiger partial charge < -0.3 is 15.4 Å². The van der Waals surface area contributed by atoms with Crippen LogP contribution in [0.5, 0.6) is 0 Å². The summed E-state index contributed by atoms with van der Waals surface area (Å²) in [6.07, 6.45) is 14.8. The van der Waals surface area contributed by atoms with Crippen molar-refractivity contribution in [3.05, 3.63) is 59.2 Å². The Morgan fingerprint density at radius 1 is 1.21 bits per heavy atom. The Balaban J connectivity index is 1.43. The highest BCUT2D eigenvalue weighted by molar-refractivity contribution is 6.01. The molecule has 1 amide bonds. The van der Waals surface area contributed by atoms with Crippen molar-refractivity contribution in [1.82, 2.24) is 24.9 Å². The van der Waals surface area contributed by atoms with Crippen LogP contribution >= 0.6 is 0 Å². The third-order valence-electron chi connectivity index (χ3n) is 6.77. The summed E-state index contributed by atoms with van der Waals surface area (Å²) in [7, 11) is 3.59. The van der Waals surface area contributed by atoms with Gasteiger partial charge in [0.2, 0.25) is 5.95 Å². The molecule has 8 nitrogen and oxygen atoms in total. The van der Waals surface area contributed by atoms with E-state index in [1.165, 1.54) is 0 Å². The minimum absolute atomic E-state index is 0.0692. The van der Waals surface area contributed by atoms with Crippen molar-refractivity contribution in [1.29, 1.82) is 0 Å². The van der Waals surface area contributed by atoms with Crippen molar-refractivity contribution < 1.29 is 9.53 Å². The van der Waals surface area contributed by atoms with Gasteiger partial charge in [0, 0.05) is 38.2 Å². The zero-order chi connectivity index (χ0) is 22.8. The Morgan fingerprint density at radius 2 is 2.06 bits per heavy atom. The lowest BCUT2D eigenvalue weighted by Gasteiger charge is -2.28. The number of aryl methyl sites for hydroxylation is 1. The van der Waals surface area contributed by atoms with Crippen molar-refractivity contribution >= 4 is 22.9 Å². The van der Waals surface area contributed by atoms with Crippen LogP contribution in [0.3, 0.4) is 0 Å². The first-order chi connectivity index (χ1) is 16.2. The van der Waals surface area contributed by atoms with Gasteiger partial charge in [0.15, 0.2) is 0 Å². The lowest BCUT2D eigenvalue weighted by Crippen LogP contribution is -2.38. The molecule has 3 aromatic rings. The van der Waals surface area contributed by atoms with Gasteiger partial charge in [-0.2, -0.15) is 5.10 Å². The molecule has 2 N–H and O–H groups in total. The van der Waals surface area contributed by atoms with Crippen LogP contribution < -0.4 is 10.6 Å². The molecule has 0 atom stereocenters. The van der Waals surface area contributed by atoms with Gasteiger partial charge in [-0.05, 0) is 68.2 Å². The average Bonchev–Trinajstić information content (AvgIpc) is 3.16. The van der Waals surface area contributed by atoms with E-state index in [2.05, 4.69) is 37.8 Å². The average molecular weight is 447 g/mol. The van der Waals surface area contributed by atoms with Gasteiger partial charge >= 0.3 is 0 Å². The maximum atomic E-state index is 13.1. The third kappa shape index (κ3) is 4.35. The lowest BCUT2D eigenvalue weighted by molar-refractivity contribution is 0.0599. The Morgan fingerprint density at radius 3 is 2.85 bits per heavy atom. The maximum Gasteiger partial charge on any atom is 0.255 e. The molecule has 0 saturated heterocycles. The summed E-state index contributed by atoms with van der Waals surface area (Å²) in [6, 6.07) is 4.27. The molecule has 2 aliphatic rings. The topological polar surface area (TPSA) is 93.4 Å². The van der Waals surface area contributed by atoms with Crippen molar-refractivity contribution in [2.24, 2.45) is 0 Å². The van der Waals surface area contributed by atoms with Gasteiger partial charge in [-0.15, -0.1) is 0 Å². The molecule has 3 heterocycles. The molecule has 8 heteroatoms. The number of hydrogen-bond donors (Lipinski definition) is 2. The van der Waals surface area contributed by atoms with E-state index in [9.17, 15) is 4.79 Å². The molecule has 5 rings (SSSR count). The Labute approximate surface area is 193 Å². The Bertz CT molecular complexity index is 1190. The van der Waals surface area contributed by atoms with E-state index in [1.54, 1.807) is 17.8 Å². The number of pyridine rings is 1. The van der Waals surface area contributed by atoms with Gasteiger partial charge in [0.25, 0.3) is 5.91 Å². The van der Waals surface area contributed by atoms with Gasteiger partial charge in [-0.25, -0.2) is 14.5 Å². The summed E-state index contributed by atoms with van der Waals surface area (Å²) in [4.78, 5) is 22.3. The van der Waals surface area contributed by atoms with Crippen LogP contribution in [-0.2, 0) is 11.2 Å². The van der Waals surface area contributed by atoms with Crippen LogP contribution in [0.2, 0.25) is 0 Å². The first kappa shape index (κ1) is 21.6. The molecule has 0 aliphatic heterocycles. The normalized spacial score (nSPS) is 20.6. The number of allylic oxidation sites excluding steroid dienone is 1. The van der Waals surface area contributed by atoms with E-state index in [0.717, 1.165) is 72.9 Å². The zero-order valence-electron chi connectivity index (χ0n) is 19.2. The largest absolute Gasteiger partial charge is 0.381 e. The predicted molar refractivity (Wildman–Crippen MR) is 127 cm³/mol. The monoisotopic (exact) mass is 446 g/mol. The maximum absolute atomic E-state index is 13.1. The van der Waals surface area contributed by atoms with E-state index in [0.29, 0.717) is 17.6 Å². The first-order valence-corrected chi connectivity index (χ1v) is 11.7. The highest BCUT2D eigenvalue weighted by Crippen LogP contribution is 2.31. The lowest BCUT2D eigenvalue weighted by atomic mass is 9.93. The number of nitrogens with one attached hydrogen (secondary N) is 2. The van der Waals surface area contributed by atoms with Crippen LogP contribution in [0.25, 0.3) is 11.1 Å². The Kier molecular flexibility index (Phi) is 6.09. The number of aromatic nitrogens is 4. The minimum atomic E-state index is -0.0692. The summed E-state index contributed by atoms with van der Waals surface area (Å²) in [6.45, 7) is 0. The summed E-state index contributed by atoms with van der Waals surface area (Å²) in [5.41, 5.74) is 5.66. The van der Waals surface area contributed by atoms with Gasteiger partial charge in [-0.1, -0.05) is 6.08 Å². The highest BCUT2D eigenvalue weighted by atomic mass is 16.5. The quantitative estimate of drug-likeness (QED) is 0.622. The summed E-state index contributed by atoms with van der Waals surface area (Å²) >= 11 is 0. The van der Waals surface area contributed by atoms with Crippen molar-refractivity contribution in [2.45, 2.75) is 57.1 Å².